The Balaban J connectivity index is 2.05. The summed E-state index contributed by atoms with van der Waals surface area (Å²) in [5.74, 6) is 0.214. The van der Waals surface area contributed by atoms with Crippen LogP contribution in [0.1, 0.15) is 30.9 Å². The highest BCUT2D eigenvalue weighted by Crippen LogP contribution is 2.41. The Labute approximate surface area is 163 Å². The molecule has 2 atom stereocenters. The number of carbonyl (C=O) groups excluding carboxylic acids is 1. The topological polar surface area (TPSA) is 26.3 Å². The van der Waals surface area contributed by atoms with Gasteiger partial charge in [-0.3, -0.25) is 4.79 Å². The first kappa shape index (κ1) is 19.6. The molecule has 0 aliphatic heterocycles. The van der Waals surface area contributed by atoms with Gasteiger partial charge >= 0.3 is 5.97 Å². The number of carbonyl (C=O) groups is 1. The van der Waals surface area contributed by atoms with Crippen molar-refractivity contribution in [2.45, 2.75) is 31.8 Å². The Morgan fingerprint density at radius 3 is 2.11 bits per heavy atom. The molecule has 27 heavy (non-hydrogen) atoms. The van der Waals surface area contributed by atoms with Gasteiger partial charge in [0.25, 0.3) is 0 Å². The predicted octanol–water partition coefficient (Wildman–Crippen LogP) is 4.42. The Hall–Kier alpha value is -2.13. The van der Waals surface area contributed by atoms with Crippen LogP contribution in [0.4, 0.5) is 0 Å². The summed E-state index contributed by atoms with van der Waals surface area (Å²) in [5.41, 5.74) is 1.62. The number of rotatable bonds is 8. The third-order valence-corrected chi connectivity index (χ3v) is 5.38. The van der Waals surface area contributed by atoms with E-state index < -0.39 is 5.60 Å². The second kappa shape index (κ2) is 7.85. The average Bonchev–Trinajstić information content (AvgIpc) is 3.46. The molecular weight excluding hydrogens is 334 g/mol. The minimum absolute atomic E-state index is 0.0388. The van der Waals surface area contributed by atoms with Crippen LogP contribution < -0.4 is 0 Å². The third-order valence-electron chi connectivity index (χ3n) is 5.38. The maximum atomic E-state index is 12.8. The summed E-state index contributed by atoms with van der Waals surface area (Å²) in [6.45, 7) is 3.14. The van der Waals surface area contributed by atoms with E-state index in [1.807, 2.05) is 24.3 Å². The molecular formula is C24H32NO2+. The number of hydrogen-bond donors (Lipinski definition) is 0. The van der Waals surface area contributed by atoms with E-state index in [-0.39, 0.29) is 17.8 Å². The summed E-state index contributed by atoms with van der Waals surface area (Å²) in [6.07, 6.45) is 2.61. The van der Waals surface area contributed by atoms with Crippen molar-refractivity contribution >= 4 is 5.97 Å². The molecule has 1 aliphatic rings. The van der Waals surface area contributed by atoms with Crippen LogP contribution in [0, 0.1) is 11.8 Å². The highest BCUT2D eigenvalue weighted by atomic mass is 16.6. The lowest BCUT2D eigenvalue weighted by molar-refractivity contribution is -0.874. The Morgan fingerprint density at radius 1 is 1.04 bits per heavy atom. The predicted molar refractivity (Wildman–Crippen MR) is 109 cm³/mol. The molecule has 1 aliphatic carbocycles. The second-order valence-corrected chi connectivity index (χ2v) is 8.99. The highest BCUT2D eigenvalue weighted by molar-refractivity contribution is 5.75. The van der Waals surface area contributed by atoms with Crippen LogP contribution >= 0.6 is 0 Å². The van der Waals surface area contributed by atoms with Gasteiger partial charge in [-0.1, -0.05) is 67.6 Å². The molecule has 0 saturated heterocycles. The molecule has 3 nitrogen and oxygen atoms in total. The quantitative estimate of drug-likeness (QED) is 0.511. The summed E-state index contributed by atoms with van der Waals surface area (Å²) in [4.78, 5) is 12.8. The normalized spacial score (nSPS) is 17.8. The largest absolute Gasteiger partial charge is 0.453 e. The van der Waals surface area contributed by atoms with E-state index in [4.69, 9.17) is 4.74 Å². The molecule has 0 N–H and O–H groups in total. The molecule has 1 fully saturated rings. The van der Waals surface area contributed by atoms with Crippen LogP contribution in [0.3, 0.4) is 0 Å². The molecule has 0 bridgehead atoms. The van der Waals surface area contributed by atoms with Crippen molar-refractivity contribution < 1.29 is 14.0 Å². The molecule has 3 rings (SSSR count). The summed E-state index contributed by atoms with van der Waals surface area (Å²) in [6, 6.07) is 20.7. The third kappa shape index (κ3) is 4.98. The number of nitrogens with zero attached hydrogens (tertiary/aromatic N) is 1. The average molecular weight is 367 g/mol. The molecule has 2 aromatic rings. The van der Waals surface area contributed by atoms with Gasteiger partial charge in [0.2, 0.25) is 0 Å². The number of hydrogen-bond acceptors (Lipinski definition) is 2. The lowest BCUT2D eigenvalue weighted by Crippen LogP contribution is -2.49. The van der Waals surface area contributed by atoms with Crippen molar-refractivity contribution in [3.8, 4) is 0 Å². The fourth-order valence-electron chi connectivity index (χ4n) is 3.93. The van der Waals surface area contributed by atoms with E-state index in [1.54, 1.807) is 0 Å². The molecule has 3 heteroatoms. The summed E-state index contributed by atoms with van der Waals surface area (Å²) >= 11 is 0. The van der Waals surface area contributed by atoms with E-state index in [2.05, 4.69) is 64.5 Å². The molecule has 0 aromatic heterocycles. The van der Waals surface area contributed by atoms with Crippen molar-refractivity contribution in [2.24, 2.45) is 11.8 Å². The van der Waals surface area contributed by atoms with Crippen LogP contribution in [0.25, 0.3) is 0 Å². The van der Waals surface area contributed by atoms with Gasteiger partial charge in [-0.25, -0.2) is 0 Å². The Bertz CT molecular complexity index is 747. The zero-order chi connectivity index (χ0) is 19.5. The van der Waals surface area contributed by atoms with Gasteiger partial charge in [-0.2, -0.15) is 0 Å². The zero-order valence-corrected chi connectivity index (χ0v) is 17.0. The van der Waals surface area contributed by atoms with E-state index in [1.165, 1.54) is 5.56 Å². The zero-order valence-electron chi connectivity index (χ0n) is 17.0. The molecule has 144 valence electrons. The fraction of sp³-hybridized carbons (Fsp3) is 0.458. The summed E-state index contributed by atoms with van der Waals surface area (Å²) < 4.78 is 7.24. The smallest absolute Gasteiger partial charge is 0.309 e. The molecule has 0 spiro atoms. The van der Waals surface area contributed by atoms with Gasteiger partial charge in [0.15, 0.2) is 0 Å². The van der Waals surface area contributed by atoms with Gasteiger partial charge in [0.05, 0.1) is 33.6 Å². The molecule has 0 amide bonds. The monoisotopic (exact) mass is 366 g/mol. The highest BCUT2D eigenvalue weighted by Gasteiger charge is 2.46. The Kier molecular flexibility index (Phi) is 5.71. The molecule has 0 heterocycles. The van der Waals surface area contributed by atoms with Gasteiger partial charge in [0, 0.05) is 12.3 Å². The van der Waals surface area contributed by atoms with Crippen LogP contribution in [0.2, 0.25) is 0 Å². The maximum absolute atomic E-state index is 12.8. The molecule has 2 aromatic carbocycles. The van der Waals surface area contributed by atoms with Crippen molar-refractivity contribution in [1.82, 2.24) is 0 Å². The number of quaternary nitrogens is 1. The standard InChI is InChI=1S/C24H32NO2/c1-19(18-25(2,3)4)24(22-13-9-6-10-14-22,27-23(26)21-15-16-21)17-20-11-7-5-8-12-20/h5-14,19,21H,15-18H2,1-4H3/q+1/t19-,24-/m1/s1. The summed E-state index contributed by atoms with van der Waals surface area (Å²) in [5, 5.41) is 0. The number of esters is 1. The first-order valence-electron chi connectivity index (χ1n) is 9.93. The summed E-state index contributed by atoms with van der Waals surface area (Å²) in [7, 11) is 6.58. The van der Waals surface area contributed by atoms with Gasteiger partial charge < -0.3 is 9.22 Å². The number of benzene rings is 2. The molecule has 1 saturated carbocycles. The lowest BCUT2D eigenvalue weighted by Gasteiger charge is -2.42. The van der Waals surface area contributed by atoms with Crippen molar-refractivity contribution in [1.29, 1.82) is 0 Å². The van der Waals surface area contributed by atoms with E-state index in [0.29, 0.717) is 6.42 Å². The first-order valence-corrected chi connectivity index (χ1v) is 9.93. The fourth-order valence-corrected chi connectivity index (χ4v) is 3.93. The number of ether oxygens (including phenoxy) is 1. The van der Waals surface area contributed by atoms with Crippen molar-refractivity contribution in [3.63, 3.8) is 0 Å². The maximum Gasteiger partial charge on any atom is 0.309 e. The molecule has 0 unspecified atom stereocenters. The Morgan fingerprint density at radius 2 is 1.59 bits per heavy atom. The molecule has 0 radical (unpaired) electrons. The second-order valence-electron chi connectivity index (χ2n) is 8.99. The van der Waals surface area contributed by atoms with Crippen molar-refractivity contribution in [3.05, 3.63) is 71.8 Å². The minimum Gasteiger partial charge on any atom is -0.453 e. The first-order chi connectivity index (χ1) is 12.8. The van der Waals surface area contributed by atoms with E-state index >= 15 is 0 Å². The van der Waals surface area contributed by atoms with Crippen LogP contribution in [0.15, 0.2) is 60.7 Å². The van der Waals surface area contributed by atoms with Gasteiger partial charge in [0.1, 0.15) is 5.60 Å². The van der Waals surface area contributed by atoms with E-state index in [9.17, 15) is 4.79 Å². The van der Waals surface area contributed by atoms with Gasteiger partial charge in [-0.15, -0.1) is 0 Å². The van der Waals surface area contributed by atoms with Crippen LogP contribution in [-0.4, -0.2) is 38.1 Å². The van der Waals surface area contributed by atoms with Crippen molar-refractivity contribution in [2.75, 3.05) is 27.7 Å². The SMILES string of the molecule is C[C@H](C[N+](C)(C)C)[C@@](Cc1ccccc1)(OC(=O)C1CC1)c1ccccc1. The minimum atomic E-state index is -0.659. The van der Waals surface area contributed by atoms with Crippen LogP contribution in [-0.2, 0) is 21.6 Å². The lowest BCUT2D eigenvalue weighted by atomic mass is 9.77. The van der Waals surface area contributed by atoms with Crippen LogP contribution in [0.5, 0.6) is 0 Å². The van der Waals surface area contributed by atoms with Gasteiger partial charge in [-0.05, 0) is 24.0 Å². The van der Waals surface area contributed by atoms with E-state index in [0.717, 1.165) is 29.4 Å².